The molecular weight excluding hydrogens is 542 g/mol. The Balaban J connectivity index is 1.65. The van der Waals surface area contributed by atoms with Gasteiger partial charge in [0.05, 0.1) is 5.56 Å². The molecule has 0 aliphatic rings. The molecule has 11 heteroatoms. The molecule has 39 heavy (non-hydrogen) atoms. The van der Waals surface area contributed by atoms with Crippen LogP contribution in [-0.4, -0.2) is 0 Å². The van der Waals surface area contributed by atoms with Gasteiger partial charge in [-0.25, -0.2) is 22.0 Å². The van der Waals surface area contributed by atoms with E-state index < -0.39 is 58.2 Å². The number of halogens is 10. The summed E-state index contributed by atoms with van der Waals surface area (Å²) >= 11 is 0. The zero-order chi connectivity index (χ0) is 28.9. The third-order valence-corrected chi connectivity index (χ3v) is 6.01. The minimum Gasteiger partial charge on any atom is -0.423 e. The largest absolute Gasteiger partial charge is 0.427 e. The third-order valence-electron chi connectivity index (χ3n) is 6.01. The lowest BCUT2D eigenvalue weighted by Gasteiger charge is -2.20. The van der Waals surface area contributed by atoms with E-state index in [-0.39, 0.29) is 23.3 Å². The van der Waals surface area contributed by atoms with Gasteiger partial charge in [0.25, 0.3) is 0 Å². The zero-order valence-corrected chi connectivity index (χ0v) is 20.0. The summed E-state index contributed by atoms with van der Waals surface area (Å²) in [6.45, 7) is 3.77. The Morgan fingerprint density at radius 2 is 1.05 bits per heavy atom. The zero-order valence-electron chi connectivity index (χ0n) is 20.0. The van der Waals surface area contributed by atoms with Gasteiger partial charge in [-0.05, 0) is 72.0 Å². The molecule has 1 nitrogen and oxygen atoms in total. The first-order chi connectivity index (χ1) is 18.1. The fraction of sp³-hybridized carbons (Fsp3) is 0.143. The molecule has 0 saturated carbocycles. The van der Waals surface area contributed by atoms with Crippen molar-refractivity contribution in [2.75, 3.05) is 0 Å². The van der Waals surface area contributed by atoms with Gasteiger partial charge in [0.15, 0.2) is 17.4 Å². The molecule has 0 bridgehead atoms. The van der Waals surface area contributed by atoms with Gasteiger partial charge in [0.1, 0.15) is 23.0 Å². The highest BCUT2D eigenvalue weighted by Gasteiger charge is 2.43. The molecule has 0 aromatic heterocycles. The van der Waals surface area contributed by atoms with Crippen LogP contribution >= 0.6 is 0 Å². The van der Waals surface area contributed by atoms with Crippen molar-refractivity contribution in [3.63, 3.8) is 0 Å². The second-order valence-electron chi connectivity index (χ2n) is 8.69. The lowest BCUT2D eigenvalue weighted by Crippen LogP contribution is -2.24. The van der Waals surface area contributed by atoms with E-state index in [1.54, 1.807) is 6.07 Å². The Hall–Kier alpha value is -4.02. The fourth-order valence-corrected chi connectivity index (χ4v) is 3.86. The van der Waals surface area contributed by atoms with Gasteiger partial charge in [0.2, 0.25) is 0 Å². The quantitative estimate of drug-likeness (QED) is 0.222. The highest BCUT2D eigenvalue weighted by molar-refractivity contribution is 5.72. The Kier molecular flexibility index (Phi) is 7.14. The molecule has 0 saturated heterocycles. The molecular formula is C28H16F10O. The fourth-order valence-electron chi connectivity index (χ4n) is 3.86. The first kappa shape index (κ1) is 28.0. The van der Waals surface area contributed by atoms with Crippen molar-refractivity contribution in [1.82, 2.24) is 0 Å². The molecule has 0 N–H and O–H groups in total. The van der Waals surface area contributed by atoms with E-state index in [1.165, 1.54) is 12.1 Å². The standard InChI is InChI=1S/C28H16F10O/c1-13-3-4-15(7-14(13)2)16-5-6-19(20(29)8-16)17-9-23(32)26(24(33)10-17)39-28(37,38)18-11-21(30)25(22(31)12-18)27(34,35)36/h3-12H,1-2H3. The first-order valence-corrected chi connectivity index (χ1v) is 11.1. The van der Waals surface area contributed by atoms with E-state index in [9.17, 15) is 43.9 Å². The van der Waals surface area contributed by atoms with Crippen molar-refractivity contribution < 1.29 is 48.6 Å². The molecule has 0 amide bonds. The van der Waals surface area contributed by atoms with Crippen molar-refractivity contribution in [3.8, 4) is 28.0 Å². The Morgan fingerprint density at radius 1 is 0.538 bits per heavy atom. The summed E-state index contributed by atoms with van der Waals surface area (Å²) in [6.07, 6.45) is -10.4. The van der Waals surface area contributed by atoms with Crippen LogP contribution in [0.3, 0.4) is 0 Å². The third kappa shape index (κ3) is 5.57. The van der Waals surface area contributed by atoms with E-state index >= 15 is 0 Å². The number of benzene rings is 4. The maximum Gasteiger partial charge on any atom is 0.427 e. The Labute approximate surface area is 215 Å². The molecule has 4 aromatic carbocycles. The molecule has 0 fully saturated rings. The van der Waals surface area contributed by atoms with Crippen molar-refractivity contribution in [2.45, 2.75) is 26.1 Å². The van der Waals surface area contributed by atoms with Gasteiger partial charge < -0.3 is 4.74 Å². The molecule has 0 aliphatic carbocycles. The van der Waals surface area contributed by atoms with Gasteiger partial charge in [-0.3, -0.25) is 0 Å². The molecule has 0 atom stereocenters. The molecule has 4 rings (SSSR count). The maximum absolute atomic E-state index is 14.9. The number of hydrogen-bond acceptors (Lipinski definition) is 1. The van der Waals surface area contributed by atoms with Crippen LogP contribution in [0.1, 0.15) is 22.3 Å². The summed E-state index contributed by atoms with van der Waals surface area (Å²) in [6, 6.07) is 9.55. The summed E-state index contributed by atoms with van der Waals surface area (Å²) in [4.78, 5) is 0. The van der Waals surface area contributed by atoms with Gasteiger partial charge >= 0.3 is 12.3 Å². The van der Waals surface area contributed by atoms with Crippen LogP contribution in [0.4, 0.5) is 43.9 Å². The summed E-state index contributed by atoms with van der Waals surface area (Å²) in [5, 5.41) is 0. The molecule has 204 valence electrons. The number of hydrogen-bond donors (Lipinski definition) is 0. The second kappa shape index (κ2) is 9.94. The number of rotatable bonds is 5. The highest BCUT2D eigenvalue weighted by atomic mass is 19.4. The minimum atomic E-state index is -5.52. The summed E-state index contributed by atoms with van der Waals surface area (Å²) in [7, 11) is 0. The van der Waals surface area contributed by atoms with Crippen molar-refractivity contribution in [3.05, 3.63) is 112 Å². The summed E-state index contributed by atoms with van der Waals surface area (Å²) in [5.74, 6) is -10.8. The lowest BCUT2D eigenvalue weighted by molar-refractivity contribution is -0.189. The molecule has 0 aliphatic heterocycles. The smallest absolute Gasteiger partial charge is 0.423 e. The maximum atomic E-state index is 14.9. The van der Waals surface area contributed by atoms with Crippen LogP contribution in [-0.2, 0) is 12.3 Å². The topological polar surface area (TPSA) is 9.23 Å². The average Bonchev–Trinajstić information content (AvgIpc) is 2.81. The Bertz CT molecular complexity index is 1530. The van der Waals surface area contributed by atoms with Crippen LogP contribution in [0.2, 0.25) is 0 Å². The van der Waals surface area contributed by atoms with Crippen LogP contribution in [0.25, 0.3) is 22.3 Å². The van der Waals surface area contributed by atoms with E-state index in [2.05, 4.69) is 4.74 Å². The second-order valence-corrected chi connectivity index (χ2v) is 8.69. The highest BCUT2D eigenvalue weighted by Crippen LogP contribution is 2.40. The van der Waals surface area contributed by atoms with E-state index in [1.807, 2.05) is 26.0 Å². The Morgan fingerprint density at radius 3 is 1.56 bits per heavy atom. The number of aryl methyl sites for hydroxylation is 2. The van der Waals surface area contributed by atoms with Crippen LogP contribution in [0, 0.1) is 42.9 Å². The molecule has 0 heterocycles. The molecule has 4 aromatic rings. The molecule has 0 radical (unpaired) electrons. The predicted molar refractivity (Wildman–Crippen MR) is 123 cm³/mol. The normalized spacial score (nSPS) is 12.1. The minimum absolute atomic E-state index is 0.273. The van der Waals surface area contributed by atoms with Crippen molar-refractivity contribution in [2.24, 2.45) is 0 Å². The van der Waals surface area contributed by atoms with E-state index in [4.69, 9.17) is 0 Å². The first-order valence-electron chi connectivity index (χ1n) is 11.1. The summed E-state index contributed by atoms with van der Waals surface area (Å²) in [5.41, 5.74) is -1.71. The SMILES string of the molecule is Cc1ccc(-c2ccc(-c3cc(F)c(OC(F)(F)c4cc(F)c(C(F)(F)F)c(F)c4)c(F)c3)c(F)c2)cc1C. The number of ether oxygens (including phenoxy) is 1. The van der Waals surface area contributed by atoms with Crippen molar-refractivity contribution in [1.29, 1.82) is 0 Å². The summed E-state index contributed by atoms with van der Waals surface area (Å²) < 4.78 is 143. The van der Waals surface area contributed by atoms with E-state index in [0.29, 0.717) is 23.3 Å². The van der Waals surface area contributed by atoms with Crippen molar-refractivity contribution >= 4 is 0 Å². The van der Waals surface area contributed by atoms with Crippen LogP contribution in [0.5, 0.6) is 5.75 Å². The van der Waals surface area contributed by atoms with Gasteiger partial charge in [-0.1, -0.05) is 30.3 Å². The average molecular weight is 558 g/mol. The van der Waals surface area contributed by atoms with Crippen LogP contribution in [0.15, 0.2) is 60.7 Å². The van der Waals surface area contributed by atoms with E-state index in [0.717, 1.165) is 17.2 Å². The van der Waals surface area contributed by atoms with Gasteiger partial charge in [-0.2, -0.15) is 22.0 Å². The molecule has 0 spiro atoms. The lowest BCUT2D eigenvalue weighted by atomic mass is 9.97. The predicted octanol–water partition coefficient (Wildman–Crippen LogP) is 9.48. The van der Waals surface area contributed by atoms with Crippen LogP contribution < -0.4 is 4.74 Å². The monoisotopic (exact) mass is 558 g/mol. The number of alkyl halides is 5. The molecule has 0 unspecified atom stereocenters. The van der Waals surface area contributed by atoms with Gasteiger partial charge in [-0.15, -0.1) is 0 Å². The van der Waals surface area contributed by atoms with Gasteiger partial charge in [0, 0.05) is 5.56 Å².